The van der Waals surface area contributed by atoms with Gasteiger partial charge in [0.15, 0.2) is 0 Å². The van der Waals surface area contributed by atoms with Crippen molar-refractivity contribution < 1.29 is 14.7 Å². The minimum atomic E-state index is -1.07. The maximum absolute atomic E-state index is 12.3. The number of benzene rings is 1. The first-order valence-corrected chi connectivity index (χ1v) is 8.15. The summed E-state index contributed by atoms with van der Waals surface area (Å²) in [6, 6.07) is 12.6. The summed E-state index contributed by atoms with van der Waals surface area (Å²) >= 11 is 1.32. The molecule has 0 spiro atoms. The van der Waals surface area contributed by atoms with E-state index in [1.165, 1.54) is 11.3 Å². The lowest BCUT2D eigenvalue weighted by Gasteiger charge is -2.25. The Labute approximate surface area is 139 Å². The Morgan fingerprint density at radius 1 is 1.17 bits per heavy atom. The second-order valence-corrected chi connectivity index (χ2v) is 6.64. The number of hydrogen-bond acceptors (Lipinski definition) is 4. The van der Waals surface area contributed by atoms with Gasteiger partial charge in [0.25, 0.3) is 5.91 Å². The molecule has 1 unspecified atom stereocenters. The Balaban J connectivity index is 1.90. The van der Waals surface area contributed by atoms with Gasteiger partial charge in [-0.15, -0.1) is 11.3 Å². The molecule has 2 aromatic rings. The van der Waals surface area contributed by atoms with E-state index in [1.54, 1.807) is 43.5 Å². The standard InChI is InChI=1S/C17H20N2O3S/c1-17(2,19-15(21)14-9-6-10-23-14)16(22)18-11-13(20)12-7-4-3-5-8-12/h3-10,13,20H,11H2,1-2H3,(H,18,22)(H,19,21). The van der Waals surface area contributed by atoms with Crippen molar-refractivity contribution in [3.63, 3.8) is 0 Å². The predicted octanol–water partition coefficient (Wildman–Crippen LogP) is 2.11. The second-order valence-electron chi connectivity index (χ2n) is 5.69. The highest BCUT2D eigenvalue weighted by Gasteiger charge is 2.30. The zero-order chi connectivity index (χ0) is 16.9. The molecule has 0 bridgehead atoms. The highest BCUT2D eigenvalue weighted by molar-refractivity contribution is 7.12. The third-order valence-electron chi connectivity index (χ3n) is 3.38. The van der Waals surface area contributed by atoms with Crippen molar-refractivity contribution in [3.8, 4) is 0 Å². The molecule has 0 radical (unpaired) electrons. The molecule has 6 heteroatoms. The van der Waals surface area contributed by atoms with Crippen LogP contribution in [0.4, 0.5) is 0 Å². The van der Waals surface area contributed by atoms with Gasteiger partial charge in [-0.1, -0.05) is 36.4 Å². The van der Waals surface area contributed by atoms with E-state index in [9.17, 15) is 14.7 Å². The molecule has 5 nitrogen and oxygen atoms in total. The Morgan fingerprint density at radius 2 is 1.87 bits per heavy atom. The first-order chi connectivity index (χ1) is 10.9. The van der Waals surface area contributed by atoms with E-state index in [1.807, 2.05) is 18.2 Å². The number of aliphatic hydroxyl groups excluding tert-OH is 1. The Bertz CT molecular complexity index is 654. The number of aliphatic hydroxyl groups is 1. The maximum atomic E-state index is 12.3. The predicted molar refractivity (Wildman–Crippen MR) is 90.3 cm³/mol. The van der Waals surface area contributed by atoms with Crippen LogP contribution < -0.4 is 10.6 Å². The maximum Gasteiger partial charge on any atom is 0.262 e. The lowest BCUT2D eigenvalue weighted by Crippen LogP contribution is -2.55. The lowest BCUT2D eigenvalue weighted by atomic mass is 10.0. The summed E-state index contributed by atoms with van der Waals surface area (Å²) in [6.07, 6.45) is -0.788. The fourth-order valence-electron chi connectivity index (χ4n) is 2.01. The summed E-state index contributed by atoms with van der Waals surface area (Å²) in [7, 11) is 0. The fourth-order valence-corrected chi connectivity index (χ4v) is 2.63. The minimum Gasteiger partial charge on any atom is -0.387 e. The van der Waals surface area contributed by atoms with Crippen LogP contribution in [0.1, 0.15) is 35.2 Å². The smallest absolute Gasteiger partial charge is 0.262 e. The zero-order valence-corrected chi connectivity index (χ0v) is 13.9. The molecule has 0 aliphatic heterocycles. The van der Waals surface area contributed by atoms with Crippen molar-refractivity contribution in [1.29, 1.82) is 0 Å². The lowest BCUT2D eigenvalue weighted by molar-refractivity contribution is -0.126. The summed E-state index contributed by atoms with van der Waals surface area (Å²) in [4.78, 5) is 24.9. The van der Waals surface area contributed by atoms with Crippen molar-refractivity contribution in [2.75, 3.05) is 6.54 Å². The number of carbonyl (C=O) groups excluding carboxylic acids is 2. The quantitative estimate of drug-likeness (QED) is 0.758. The van der Waals surface area contributed by atoms with Crippen LogP contribution in [0.25, 0.3) is 0 Å². The highest BCUT2D eigenvalue weighted by atomic mass is 32.1. The summed E-state index contributed by atoms with van der Waals surface area (Å²) in [5, 5.41) is 17.2. The monoisotopic (exact) mass is 332 g/mol. The number of nitrogens with one attached hydrogen (secondary N) is 2. The third-order valence-corrected chi connectivity index (χ3v) is 4.25. The molecule has 122 valence electrons. The molecular weight excluding hydrogens is 312 g/mol. The topological polar surface area (TPSA) is 78.4 Å². The van der Waals surface area contributed by atoms with Crippen LogP contribution in [0, 0.1) is 0 Å². The summed E-state index contributed by atoms with van der Waals surface area (Å²) < 4.78 is 0. The van der Waals surface area contributed by atoms with Crippen molar-refractivity contribution in [2.45, 2.75) is 25.5 Å². The van der Waals surface area contributed by atoms with E-state index in [-0.39, 0.29) is 18.4 Å². The average molecular weight is 332 g/mol. The van der Waals surface area contributed by atoms with Crippen molar-refractivity contribution >= 4 is 23.2 Å². The molecule has 0 aliphatic rings. The Kier molecular flexibility index (Phi) is 5.52. The molecule has 1 aromatic heterocycles. The summed E-state index contributed by atoms with van der Waals surface area (Å²) in [6.45, 7) is 3.34. The molecule has 2 rings (SSSR count). The number of rotatable bonds is 6. The number of carbonyl (C=O) groups is 2. The van der Waals surface area contributed by atoms with Gasteiger partial charge in [0.1, 0.15) is 5.54 Å². The first kappa shape index (κ1) is 17.2. The highest BCUT2D eigenvalue weighted by Crippen LogP contribution is 2.13. The minimum absolute atomic E-state index is 0.0845. The van der Waals surface area contributed by atoms with Gasteiger partial charge in [0, 0.05) is 6.54 Å². The van der Waals surface area contributed by atoms with E-state index >= 15 is 0 Å². The average Bonchev–Trinajstić information content (AvgIpc) is 3.07. The van der Waals surface area contributed by atoms with E-state index in [0.717, 1.165) is 5.56 Å². The normalized spacial score (nSPS) is 12.5. The third kappa shape index (κ3) is 4.64. The Hall–Kier alpha value is -2.18. The van der Waals surface area contributed by atoms with E-state index in [0.29, 0.717) is 4.88 Å². The van der Waals surface area contributed by atoms with Crippen LogP contribution in [0.15, 0.2) is 47.8 Å². The van der Waals surface area contributed by atoms with Gasteiger partial charge in [-0.3, -0.25) is 9.59 Å². The number of amides is 2. The van der Waals surface area contributed by atoms with Gasteiger partial charge in [-0.2, -0.15) is 0 Å². The van der Waals surface area contributed by atoms with Gasteiger partial charge in [-0.25, -0.2) is 0 Å². The van der Waals surface area contributed by atoms with Gasteiger partial charge in [-0.05, 0) is 30.9 Å². The fraction of sp³-hybridized carbons (Fsp3) is 0.294. The van der Waals surface area contributed by atoms with Crippen molar-refractivity contribution in [3.05, 3.63) is 58.3 Å². The molecule has 2 amide bonds. The van der Waals surface area contributed by atoms with Crippen LogP contribution in [0.3, 0.4) is 0 Å². The van der Waals surface area contributed by atoms with Gasteiger partial charge < -0.3 is 15.7 Å². The number of thiophene rings is 1. The summed E-state index contributed by atoms with van der Waals surface area (Å²) in [5.74, 6) is -0.638. The molecule has 0 aliphatic carbocycles. The molecular formula is C17H20N2O3S. The van der Waals surface area contributed by atoms with Crippen molar-refractivity contribution in [2.24, 2.45) is 0 Å². The van der Waals surface area contributed by atoms with Crippen LogP contribution in [-0.4, -0.2) is 29.0 Å². The first-order valence-electron chi connectivity index (χ1n) is 7.27. The van der Waals surface area contributed by atoms with Gasteiger partial charge in [0.2, 0.25) is 5.91 Å². The van der Waals surface area contributed by atoms with Crippen molar-refractivity contribution in [1.82, 2.24) is 10.6 Å². The molecule has 0 saturated carbocycles. The zero-order valence-electron chi connectivity index (χ0n) is 13.1. The summed E-state index contributed by atoms with van der Waals surface area (Å²) in [5.41, 5.74) is -0.342. The van der Waals surface area contributed by atoms with Crippen LogP contribution in [-0.2, 0) is 4.79 Å². The van der Waals surface area contributed by atoms with Gasteiger partial charge in [0.05, 0.1) is 11.0 Å². The molecule has 0 saturated heterocycles. The van der Waals surface area contributed by atoms with Gasteiger partial charge >= 0.3 is 0 Å². The van der Waals surface area contributed by atoms with E-state index in [4.69, 9.17) is 0 Å². The van der Waals surface area contributed by atoms with E-state index in [2.05, 4.69) is 10.6 Å². The van der Waals surface area contributed by atoms with E-state index < -0.39 is 11.6 Å². The second kappa shape index (κ2) is 7.39. The molecule has 0 fully saturated rings. The SMILES string of the molecule is CC(C)(NC(=O)c1cccs1)C(=O)NCC(O)c1ccccc1. The molecule has 1 atom stereocenters. The molecule has 23 heavy (non-hydrogen) atoms. The largest absolute Gasteiger partial charge is 0.387 e. The number of hydrogen-bond donors (Lipinski definition) is 3. The van der Waals surface area contributed by atoms with Crippen LogP contribution in [0.5, 0.6) is 0 Å². The van der Waals surface area contributed by atoms with Crippen LogP contribution >= 0.6 is 11.3 Å². The molecule has 3 N–H and O–H groups in total. The molecule has 1 heterocycles. The molecule has 1 aromatic carbocycles. The van der Waals surface area contributed by atoms with Crippen LogP contribution in [0.2, 0.25) is 0 Å². The Morgan fingerprint density at radius 3 is 2.48 bits per heavy atom.